The number of aryl methyl sites for hydroxylation is 4. The van der Waals surface area contributed by atoms with E-state index < -0.39 is 0 Å². The van der Waals surface area contributed by atoms with Gasteiger partial charge in [0.05, 0.1) is 9.52 Å². The largest absolute Gasteiger partial charge is 4.00 e. The molecule has 0 saturated heterocycles. The molecule has 4 rings (SSSR count). The summed E-state index contributed by atoms with van der Waals surface area (Å²) in [5.74, 6) is 0. The van der Waals surface area contributed by atoms with Gasteiger partial charge in [-0.1, -0.05) is 115 Å². The van der Waals surface area contributed by atoms with E-state index >= 15 is 0 Å². The van der Waals surface area contributed by atoms with E-state index in [2.05, 4.69) is 115 Å². The van der Waals surface area contributed by atoms with Gasteiger partial charge in [0, 0.05) is 0 Å². The second-order valence-electron chi connectivity index (χ2n) is 9.34. The molecule has 1 unspecified atom stereocenters. The minimum atomic E-state index is 0. The monoisotopic (exact) mass is 586 g/mol. The van der Waals surface area contributed by atoms with Gasteiger partial charge in [-0.25, -0.2) is 0 Å². The van der Waals surface area contributed by atoms with Gasteiger partial charge in [0.25, 0.3) is 0 Å². The molecular weight excluding hydrogens is 555 g/mol. The third kappa shape index (κ3) is 7.22. The summed E-state index contributed by atoms with van der Waals surface area (Å²) in [6, 6.07) is 25.0. The molecule has 0 nitrogen and oxygen atoms in total. The Bertz CT molecular complexity index is 1260. The van der Waals surface area contributed by atoms with Gasteiger partial charge in [-0.05, 0) is 44.4 Å². The van der Waals surface area contributed by atoms with Gasteiger partial charge in [0.2, 0.25) is 0 Å². The molecule has 0 heterocycles. The summed E-state index contributed by atoms with van der Waals surface area (Å²) in [4.78, 5) is 0. The standard InChI is InChI=1S/C31H33Si.3ClH.Ti/c1-19-13-14-22(4)28(18-19)31(32-27-16-20(2)15-21(3)17-27)30-25(7)23(5)24(6)29(30)26-11-9-8-10-12-26;;;;/h8-18,31H,1-7H3;3*1H;/q-1;;;;+4/p-3. The fourth-order valence-electron chi connectivity index (χ4n) is 5.00. The molecular formula is C31H33Cl3SiTi. The van der Waals surface area contributed by atoms with Gasteiger partial charge in [-0.3, -0.25) is 0 Å². The van der Waals surface area contributed by atoms with Gasteiger partial charge >= 0.3 is 21.7 Å². The molecule has 0 bridgehead atoms. The normalized spacial score (nSPS) is 10.9. The van der Waals surface area contributed by atoms with E-state index in [0.717, 1.165) is 0 Å². The summed E-state index contributed by atoms with van der Waals surface area (Å²) >= 11 is 0. The van der Waals surface area contributed by atoms with Gasteiger partial charge in [0.1, 0.15) is 0 Å². The zero-order valence-corrected chi connectivity index (χ0v) is 26.9. The van der Waals surface area contributed by atoms with Crippen molar-refractivity contribution < 1.29 is 58.9 Å². The van der Waals surface area contributed by atoms with Crippen molar-refractivity contribution in [2.24, 2.45) is 0 Å². The SMILES string of the molecule is Cc1cc(C)cc([Si]C(c2cc(C)ccc2C)[c-]2c(C)c(C)c(C)c2-c2ccccc2)c1.[Cl-].[Cl-].[Cl-].[Ti+4]. The van der Waals surface area contributed by atoms with Crippen LogP contribution in [-0.2, 0) is 21.7 Å². The predicted molar refractivity (Wildman–Crippen MR) is 141 cm³/mol. The molecule has 1 atom stereocenters. The number of hydrogen-bond donors (Lipinski definition) is 0. The van der Waals surface area contributed by atoms with Gasteiger partial charge in [-0.2, -0.15) is 11.1 Å². The van der Waals surface area contributed by atoms with Crippen molar-refractivity contribution in [3.05, 3.63) is 117 Å². The summed E-state index contributed by atoms with van der Waals surface area (Å²) in [7, 11) is 0.683. The molecule has 36 heavy (non-hydrogen) atoms. The van der Waals surface area contributed by atoms with Crippen molar-refractivity contribution in [3.8, 4) is 11.1 Å². The number of rotatable bonds is 5. The van der Waals surface area contributed by atoms with E-state index in [9.17, 15) is 0 Å². The van der Waals surface area contributed by atoms with Crippen LogP contribution in [0, 0.1) is 48.5 Å². The Kier molecular flexibility index (Phi) is 14.2. The Balaban J connectivity index is 0.00000306. The van der Waals surface area contributed by atoms with Crippen LogP contribution in [0.25, 0.3) is 11.1 Å². The number of benzene rings is 3. The molecule has 0 fully saturated rings. The van der Waals surface area contributed by atoms with Crippen LogP contribution in [0.2, 0.25) is 0 Å². The van der Waals surface area contributed by atoms with E-state index in [1.165, 1.54) is 66.4 Å². The van der Waals surface area contributed by atoms with Crippen molar-refractivity contribution in [2.45, 2.75) is 54.0 Å². The molecule has 0 N–H and O–H groups in total. The molecule has 186 valence electrons. The van der Waals surface area contributed by atoms with E-state index in [1.807, 2.05) is 0 Å². The molecule has 0 aromatic heterocycles. The molecule has 5 heteroatoms. The Hall–Kier alpha value is -1.19. The Morgan fingerprint density at radius 2 is 1.22 bits per heavy atom. The first kappa shape index (κ1) is 34.8. The summed E-state index contributed by atoms with van der Waals surface area (Å²) < 4.78 is 0. The summed E-state index contributed by atoms with van der Waals surface area (Å²) in [5.41, 5.74) is 15.8. The Labute approximate surface area is 254 Å². The average molecular weight is 588 g/mol. The Morgan fingerprint density at radius 3 is 1.81 bits per heavy atom. The second kappa shape index (κ2) is 14.7. The van der Waals surface area contributed by atoms with E-state index in [1.54, 1.807) is 0 Å². The van der Waals surface area contributed by atoms with Gasteiger partial charge in [-0.15, -0.1) is 16.7 Å². The van der Waals surface area contributed by atoms with Crippen molar-refractivity contribution >= 4 is 14.7 Å². The van der Waals surface area contributed by atoms with Crippen LogP contribution < -0.4 is 42.4 Å². The van der Waals surface area contributed by atoms with Gasteiger partial charge in [0.15, 0.2) is 0 Å². The van der Waals surface area contributed by atoms with Crippen LogP contribution >= 0.6 is 0 Å². The van der Waals surface area contributed by atoms with Crippen molar-refractivity contribution in [3.63, 3.8) is 0 Å². The molecule has 0 saturated carbocycles. The smallest absolute Gasteiger partial charge is 1.00 e. The molecule has 4 aromatic rings. The number of halogens is 3. The first-order valence-electron chi connectivity index (χ1n) is 11.5. The first-order chi connectivity index (χ1) is 15.3. The minimum Gasteiger partial charge on any atom is -1.00 e. The zero-order valence-electron chi connectivity index (χ0n) is 22.1. The molecule has 2 radical (unpaired) electrons. The summed E-state index contributed by atoms with van der Waals surface area (Å²) in [6.07, 6.45) is 0. The molecule has 4 aromatic carbocycles. The quantitative estimate of drug-likeness (QED) is 0.194. The second-order valence-corrected chi connectivity index (χ2v) is 10.8. The maximum atomic E-state index is 2.42. The zero-order chi connectivity index (χ0) is 23.0. The molecule has 0 spiro atoms. The van der Waals surface area contributed by atoms with Crippen molar-refractivity contribution in [2.75, 3.05) is 0 Å². The average Bonchev–Trinajstić information content (AvgIpc) is 2.98. The first-order valence-corrected chi connectivity index (χ1v) is 12.6. The number of hydrogen-bond acceptors (Lipinski definition) is 0. The van der Waals surface area contributed by atoms with Crippen LogP contribution in [0.5, 0.6) is 0 Å². The third-order valence-corrected chi connectivity index (χ3v) is 8.31. The van der Waals surface area contributed by atoms with Crippen molar-refractivity contribution in [1.29, 1.82) is 0 Å². The third-order valence-electron chi connectivity index (χ3n) is 6.80. The summed E-state index contributed by atoms with van der Waals surface area (Å²) in [6.45, 7) is 15.8. The van der Waals surface area contributed by atoms with E-state index in [0.29, 0.717) is 15.1 Å². The maximum absolute atomic E-state index is 2.42. The summed E-state index contributed by atoms with van der Waals surface area (Å²) in [5, 5.41) is 1.45. The molecule has 0 aliphatic heterocycles. The van der Waals surface area contributed by atoms with Crippen LogP contribution in [-0.4, -0.2) is 9.52 Å². The molecule has 0 amide bonds. The fraction of sp³-hybridized carbons (Fsp3) is 0.258. The van der Waals surface area contributed by atoms with Crippen LogP contribution in [0.4, 0.5) is 0 Å². The minimum absolute atomic E-state index is 0. The van der Waals surface area contributed by atoms with E-state index in [4.69, 9.17) is 0 Å². The van der Waals surface area contributed by atoms with Crippen LogP contribution in [0.1, 0.15) is 55.6 Å². The van der Waals surface area contributed by atoms with Gasteiger partial charge < -0.3 is 37.2 Å². The fourth-order valence-corrected chi connectivity index (χ4v) is 6.93. The molecule has 0 aliphatic carbocycles. The molecule has 0 aliphatic rings. The van der Waals surface area contributed by atoms with Crippen molar-refractivity contribution in [1.82, 2.24) is 0 Å². The topological polar surface area (TPSA) is 0 Å². The Morgan fingerprint density at radius 1 is 0.639 bits per heavy atom. The van der Waals surface area contributed by atoms with Crippen LogP contribution in [0.3, 0.4) is 0 Å². The van der Waals surface area contributed by atoms with E-state index in [-0.39, 0.29) is 58.9 Å². The van der Waals surface area contributed by atoms with Crippen LogP contribution in [0.15, 0.2) is 66.7 Å². The predicted octanol–water partition coefficient (Wildman–Crippen LogP) is -1.64. The maximum Gasteiger partial charge on any atom is 4.00 e.